The van der Waals surface area contributed by atoms with E-state index in [4.69, 9.17) is 6.42 Å². The molecule has 0 aliphatic rings. The summed E-state index contributed by atoms with van der Waals surface area (Å²) in [6.07, 6.45) is 5.35. The second-order valence-corrected chi connectivity index (χ2v) is 3.72. The Hall–Kier alpha value is -2.20. The van der Waals surface area contributed by atoms with Crippen molar-refractivity contribution in [2.24, 2.45) is 0 Å². The number of benzene rings is 2. The summed E-state index contributed by atoms with van der Waals surface area (Å²) in [5, 5.41) is 3.31. The van der Waals surface area contributed by atoms with Gasteiger partial charge in [-0.2, -0.15) is 0 Å². The molecule has 0 aromatic heterocycles. The molecule has 0 saturated heterocycles. The number of nitrogens with one attached hydrogen (secondary N) is 1. The van der Waals surface area contributed by atoms with E-state index in [2.05, 4.69) is 42.4 Å². The first-order valence-electron chi connectivity index (χ1n) is 5.18. The zero-order valence-corrected chi connectivity index (χ0v) is 9.20. The maximum absolute atomic E-state index is 5.35. The molecule has 0 unspecified atom stereocenters. The third kappa shape index (κ3) is 2.43. The Morgan fingerprint density at radius 1 is 1.00 bits per heavy atom. The largest absolute Gasteiger partial charge is 0.355 e. The molecular weight excluding hydrogens is 194 g/mol. The van der Waals surface area contributed by atoms with Crippen LogP contribution < -0.4 is 5.32 Å². The Labute approximate surface area is 96.1 Å². The van der Waals surface area contributed by atoms with Gasteiger partial charge in [-0.05, 0) is 37.3 Å². The zero-order chi connectivity index (χ0) is 11.4. The monoisotopic (exact) mass is 207 g/mol. The number of hydrogen-bond acceptors (Lipinski definition) is 1. The fourth-order valence-corrected chi connectivity index (χ4v) is 1.49. The predicted octanol–water partition coefficient (Wildman–Crippen LogP) is 3.72. The molecule has 0 aliphatic carbocycles. The van der Waals surface area contributed by atoms with Gasteiger partial charge in [-0.3, -0.25) is 0 Å². The van der Waals surface area contributed by atoms with Gasteiger partial charge in [0.15, 0.2) is 0 Å². The van der Waals surface area contributed by atoms with Crippen molar-refractivity contribution in [1.82, 2.24) is 0 Å². The summed E-state index contributed by atoms with van der Waals surface area (Å²) >= 11 is 0. The molecule has 1 nitrogen and oxygen atoms in total. The first-order chi connectivity index (χ1) is 7.78. The third-order valence-corrected chi connectivity index (χ3v) is 2.37. The molecule has 0 heterocycles. The van der Waals surface area contributed by atoms with Gasteiger partial charge in [-0.1, -0.05) is 29.7 Å². The number of rotatable bonds is 2. The lowest BCUT2D eigenvalue weighted by molar-refractivity contribution is 1.45. The minimum absolute atomic E-state index is 0.886. The van der Waals surface area contributed by atoms with Crippen molar-refractivity contribution in [3.8, 4) is 12.3 Å². The summed E-state index contributed by atoms with van der Waals surface area (Å²) in [6, 6.07) is 16.1. The van der Waals surface area contributed by atoms with E-state index in [1.54, 1.807) is 0 Å². The maximum atomic E-state index is 5.35. The van der Waals surface area contributed by atoms with Crippen LogP contribution in [0.25, 0.3) is 0 Å². The van der Waals surface area contributed by atoms with Gasteiger partial charge in [-0.15, -0.1) is 6.42 Å². The van der Waals surface area contributed by atoms with Crippen LogP contribution in [0.3, 0.4) is 0 Å². The van der Waals surface area contributed by atoms with Gasteiger partial charge >= 0.3 is 0 Å². The molecule has 0 spiro atoms. The topological polar surface area (TPSA) is 12.0 Å². The van der Waals surface area contributed by atoms with Crippen LogP contribution in [0.4, 0.5) is 11.4 Å². The molecule has 0 atom stereocenters. The summed E-state index contributed by atoms with van der Waals surface area (Å²) in [6.45, 7) is 2.07. The highest BCUT2D eigenvalue weighted by molar-refractivity contribution is 5.61. The molecule has 0 amide bonds. The van der Waals surface area contributed by atoms with E-state index in [1.165, 1.54) is 5.56 Å². The van der Waals surface area contributed by atoms with E-state index >= 15 is 0 Å². The Balaban J connectivity index is 2.21. The van der Waals surface area contributed by atoms with E-state index < -0.39 is 0 Å². The van der Waals surface area contributed by atoms with Crippen molar-refractivity contribution in [3.05, 3.63) is 59.7 Å². The van der Waals surface area contributed by atoms with Crippen molar-refractivity contribution in [3.63, 3.8) is 0 Å². The fourth-order valence-electron chi connectivity index (χ4n) is 1.49. The molecule has 0 saturated carbocycles. The fraction of sp³-hybridized carbons (Fsp3) is 0.0667. The highest BCUT2D eigenvalue weighted by Crippen LogP contribution is 2.17. The van der Waals surface area contributed by atoms with Gasteiger partial charge in [0.25, 0.3) is 0 Å². The SMILES string of the molecule is C#Cc1cccc(Nc2ccc(C)cc2)c1. The molecule has 78 valence electrons. The van der Waals surface area contributed by atoms with E-state index in [1.807, 2.05) is 24.3 Å². The Morgan fingerprint density at radius 2 is 1.75 bits per heavy atom. The minimum Gasteiger partial charge on any atom is -0.355 e. The van der Waals surface area contributed by atoms with Crippen LogP contribution >= 0.6 is 0 Å². The van der Waals surface area contributed by atoms with Crippen molar-refractivity contribution in [2.75, 3.05) is 5.32 Å². The number of terminal acetylenes is 1. The standard InChI is InChI=1S/C15H13N/c1-3-13-5-4-6-15(11-13)16-14-9-7-12(2)8-10-14/h1,4-11,16H,2H3. The zero-order valence-electron chi connectivity index (χ0n) is 9.20. The molecular formula is C15H13N. The van der Waals surface area contributed by atoms with Gasteiger partial charge in [0.1, 0.15) is 0 Å². The highest BCUT2D eigenvalue weighted by atomic mass is 14.9. The first kappa shape index (κ1) is 10.3. The Kier molecular flexibility index (Phi) is 2.93. The summed E-state index contributed by atoms with van der Waals surface area (Å²) in [4.78, 5) is 0. The normalized spacial score (nSPS) is 9.50. The minimum atomic E-state index is 0.886. The molecule has 0 bridgehead atoms. The molecule has 2 aromatic rings. The average molecular weight is 207 g/mol. The predicted molar refractivity (Wildman–Crippen MR) is 68.8 cm³/mol. The van der Waals surface area contributed by atoms with Crippen LogP contribution in [-0.2, 0) is 0 Å². The lowest BCUT2D eigenvalue weighted by atomic mass is 10.2. The number of aryl methyl sites for hydroxylation is 1. The van der Waals surface area contributed by atoms with Gasteiger partial charge in [0.2, 0.25) is 0 Å². The van der Waals surface area contributed by atoms with Crippen LogP contribution in [0.2, 0.25) is 0 Å². The summed E-state index contributed by atoms with van der Waals surface area (Å²) in [5.41, 5.74) is 4.22. The number of hydrogen-bond donors (Lipinski definition) is 1. The van der Waals surface area contributed by atoms with Gasteiger partial charge in [-0.25, -0.2) is 0 Å². The van der Waals surface area contributed by atoms with E-state index in [9.17, 15) is 0 Å². The summed E-state index contributed by atoms with van der Waals surface area (Å²) < 4.78 is 0. The van der Waals surface area contributed by atoms with E-state index in [0.29, 0.717) is 0 Å². The molecule has 0 aliphatic heterocycles. The maximum Gasteiger partial charge on any atom is 0.0396 e. The van der Waals surface area contributed by atoms with Crippen LogP contribution in [0, 0.1) is 19.3 Å². The van der Waals surface area contributed by atoms with Crippen molar-refractivity contribution < 1.29 is 0 Å². The van der Waals surface area contributed by atoms with E-state index in [-0.39, 0.29) is 0 Å². The summed E-state index contributed by atoms with van der Waals surface area (Å²) in [7, 11) is 0. The van der Waals surface area contributed by atoms with Gasteiger partial charge < -0.3 is 5.32 Å². The lowest BCUT2D eigenvalue weighted by Crippen LogP contribution is -1.90. The van der Waals surface area contributed by atoms with Crippen LogP contribution in [0.1, 0.15) is 11.1 Å². The average Bonchev–Trinajstić information content (AvgIpc) is 2.32. The molecule has 2 rings (SSSR count). The molecule has 1 heteroatoms. The van der Waals surface area contributed by atoms with Crippen LogP contribution in [-0.4, -0.2) is 0 Å². The summed E-state index contributed by atoms with van der Waals surface area (Å²) in [5.74, 6) is 2.62. The highest BCUT2D eigenvalue weighted by Gasteiger charge is 1.95. The third-order valence-electron chi connectivity index (χ3n) is 2.37. The number of anilines is 2. The molecule has 0 radical (unpaired) electrons. The van der Waals surface area contributed by atoms with Crippen molar-refractivity contribution in [1.29, 1.82) is 0 Å². The first-order valence-corrected chi connectivity index (χ1v) is 5.18. The van der Waals surface area contributed by atoms with Gasteiger partial charge in [0.05, 0.1) is 0 Å². The second-order valence-electron chi connectivity index (χ2n) is 3.72. The second kappa shape index (κ2) is 4.55. The molecule has 2 aromatic carbocycles. The van der Waals surface area contributed by atoms with Crippen LogP contribution in [0.5, 0.6) is 0 Å². The Bertz CT molecular complexity index is 518. The molecule has 16 heavy (non-hydrogen) atoms. The molecule has 0 fully saturated rings. The van der Waals surface area contributed by atoms with Crippen molar-refractivity contribution in [2.45, 2.75) is 6.92 Å². The van der Waals surface area contributed by atoms with Crippen LogP contribution in [0.15, 0.2) is 48.5 Å². The van der Waals surface area contributed by atoms with E-state index in [0.717, 1.165) is 16.9 Å². The Morgan fingerprint density at radius 3 is 2.44 bits per heavy atom. The smallest absolute Gasteiger partial charge is 0.0396 e. The lowest BCUT2D eigenvalue weighted by Gasteiger charge is -2.06. The molecule has 1 N–H and O–H groups in total. The van der Waals surface area contributed by atoms with Gasteiger partial charge in [0, 0.05) is 16.9 Å². The quantitative estimate of drug-likeness (QED) is 0.740. The van der Waals surface area contributed by atoms with Crippen molar-refractivity contribution >= 4 is 11.4 Å².